The molecule has 0 bridgehead atoms. The zero-order valence-corrected chi connectivity index (χ0v) is 24.3. The van der Waals surface area contributed by atoms with E-state index in [0.29, 0.717) is 30.1 Å². The van der Waals surface area contributed by atoms with Crippen LogP contribution in [-0.4, -0.2) is 77.9 Å². The summed E-state index contributed by atoms with van der Waals surface area (Å²) >= 11 is 0. The maximum atomic E-state index is 12.7. The number of alkyl halides is 3. The molecule has 2 aliphatic rings. The lowest BCUT2D eigenvalue weighted by atomic mass is 9.96. The molecule has 1 aromatic rings. The fraction of sp³-hybridized carbons (Fsp3) is 0.379. The van der Waals surface area contributed by atoms with Gasteiger partial charge in [-0.1, -0.05) is 44.7 Å². The Hall–Kier alpha value is -4.03. The minimum Gasteiger partial charge on any atom is -0.344 e. The van der Waals surface area contributed by atoms with E-state index in [-0.39, 0.29) is 32.3 Å². The van der Waals surface area contributed by atoms with Crippen LogP contribution >= 0.6 is 0 Å². The number of carbonyl (C=O) groups is 1. The van der Waals surface area contributed by atoms with Crippen molar-refractivity contribution in [1.82, 2.24) is 26.1 Å². The third kappa shape index (κ3) is 8.98. The summed E-state index contributed by atoms with van der Waals surface area (Å²) in [7, 11) is 0. The van der Waals surface area contributed by atoms with Crippen molar-refractivity contribution in [2.45, 2.75) is 40.4 Å². The van der Waals surface area contributed by atoms with Crippen molar-refractivity contribution in [3.05, 3.63) is 77.2 Å². The van der Waals surface area contributed by atoms with E-state index >= 15 is 0 Å². The van der Waals surface area contributed by atoms with E-state index in [4.69, 9.17) is 5.41 Å². The molecule has 1 aromatic heterocycles. The summed E-state index contributed by atoms with van der Waals surface area (Å²) in [5.74, 6) is -1.81. The SMILES string of the molecule is C=Nn1c(CN2CCN(C(=O)C(F)(F)F)CC2)cc(C2=CC(=C)/C(=N\NCC(/C=C\C)=C/C)C=C2)c1C=N.CC.N. The van der Waals surface area contributed by atoms with Crippen molar-refractivity contribution in [1.29, 1.82) is 5.41 Å². The number of nitrogens with one attached hydrogen (secondary N) is 2. The number of aromatic nitrogens is 1. The molecule has 1 aliphatic carbocycles. The maximum absolute atomic E-state index is 12.7. The average Bonchev–Trinajstić information content (AvgIpc) is 3.30. The first-order chi connectivity index (χ1) is 19.1. The summed E-state index contributed by atoms with van der Waals surface area (Å²) in [6.07, 6.45) is 7.91. The van der Waals surface area contributed by atoms with Crippen LogP contribution in [0.25, 0.3) is 5.57 Å². The van der Waals surface area contributed by atoms with Crippen LogP contribution in [0.15, 0.2) is 70.5 Å². The molecule has 0 atom stereocenters. The maximum Gasteiger partial charge on any atom is 0.471 e. The molecule has 1 amide bonds. The minimum absolute atomic E-state index is 0. The van der Waals surface area contributed by atoms with Crippen LogP contribution in [0, 0.1) is 5.41 Å². The van der Waals surface area contributed by atoms with Crippen molar-refractivity contribution >= 4 is 30.1 Å². The van der Waals surface area contributed by atoms with Crippen molar-refractivity contribution in [3.63, 3.8) is 0 Å². The number of nitrogens with zero attached hydrogens (tertiary/aromatic N) is 5. The van der Waals surface area contributed by atoms with Gasteiger partial charge in [0.25, 0.3) is 0 Å². The predicted octanol–water partition coefficient (Wildman–Crippen LogP) is 5.32. The summed E-state index contributed by atoms with van der Waals surface area (Å²) in [5, 5.41) is 16.5. The van der Waals surface area contributed by atoms with E-state index in [2.05, 4.69) is 28.9 Å². The summed E-state index contributed by atoms with van der Waals surface area (Å²) in [6.45, 7) is 17.2. The quantitative estimate of drug-likeness (QED) is 0.210. The van der Waals surface area contributed by atoms with Gasteiger partial charge in [-0.2, -0.15) is 23.4 Å². The largest absolute Gasteiger partial charge is 0.471 e. The lowest BCUT2D eigenvalue weighted by Crippen LogP contribution is -2.52. The highest BCUT2D eigenvalue weighted by Crippen LogP contribution is 2.29. The number of piperazine rings is 1. The molecule has 41 heavy (non-hydrogen) atoms. The number of hydrogen-bond acceptors (Lipinski definition) is 7. The van der Waals surface area contributed by atoms with Gasteiger partial charge in [0, 0.05) is 51.2 Å². The van der Waals surface area contributed by atoms with E-state index < -0.39 is 12.1 Å². The normalized spacial score (nSPS) is 17.1. The molecular formula is C29H41F3N8O. The molecule has 5 N–H and O–H groups in total. The topological polar surface area (TPSA) is 124 Å². The Morgan fingerprint density at radius 2 is 1.83 bits per heavy atom. The standard InChI is InChI=1S/C27H32F3N7O.C2H6.H3N/c1-5-7-20(6-2)17-33-34-24-9-8-21(14-19(24)3)23-15-22(37(32-4)25(23)16-31)18-35-10-12-36(13-11-35)26(38)27(28,29)30;1-2;/h5-9,14-16,31,33H,3-4,10-13,17-18H2,1-2H3;1-2H3;1H3/b7-5-,20-6+,31-16?,34-24-;;. The lowest BCUT2D eigenvalue weighted by Gasteiger charge is -2.34. The molecule has 1 fully saturated rings. The van der Waals surface area contributed by atoms with E-state index in [1.54, 1.807) is 4.68 Å². The van der Waals surface area contributed by atoms with E-state index in [1.807, 2.05) is 75.1 Å². The van der Waals surface area contributed by atoms with Gasteiger partial charge in [0.1, 0.15) is 0 Å². The molecular weight excluding hydrogens is 533 g/mol. The number of amides is 1. The second kappa shape index (κ2) is 16.3. The van der Waals surface area contributed by atoms with Crippen LogP contribution in [0.5, 0.6) is 0 Å². The Labute approximate surface area is 240 Å². The van der Waals surface area contributed by atoms with Crippen LogP contribution in [0.1, 0.15) is 44.6 Å². The molecule has 0 aromatic carbocycles. The van der Waals surface area contributed by atoms with Crippen LogP contribution < -0.4 is 11.6 Å². The first kappa shape index (κ1) is 35.0. The smallest absolute Gasteiger partial charge is 0.344 e. The van der Waals surface area contributed by atoms with E-state index in [9.17, 15) is 18.0 Å². The first-order valence-electron chi connectivity index (χ1n) is 13.1. The van der Waals surface area contributed by atoms with Gasteiger partial charge < -0.3 is 21.9 Å². The second-order valence-corrected chi connectivity index (χ2v) is 8.75. The highest BCUT2D eigenvalue weighted by molar-refractivity contribution is 6.14. The fourth-order valence-electron chi connectivity index (χ4n) is 4.29. The Kier molecular flexibility index (Phi) is 13.9. The number of rotatable bonds is 9. The van der Waals surface area contributed by atoms with E-state index in [1.165, 1.54) is 6.21 Å². The first-order valence-corrected chi connectivity index (χ1v) is 13.1. The van der Waals surface area contributed by atoms with Gasteiger partial charge in [0.15, 0.2) is 0 Å². The molecule has 12 heteroatoms. The average molecular weight is 575 g/mol. The highest BCUT2D eigenvalue weighted by atomic mass is 19.4. The van der Waals surface area contributed by atoms with Crippen LogP contribution in [0.4, 0.5) is 13.2 Å². The molecule has 224 valence electrons. The van der Waals surface area contributed by atoms with Crippen molar-refractivity contribution in [3.8, 4) is 0 Å². The van der Waals surface area contributed by atoms with Gasteiger partial charge in [0.2, 0.25) is 0 Å². The Balaban J connectivity index is 0.00000274. The predicted molar refractivity (Wildman–Crippen MR) is 162 cm³/mol. The molecule has 0 unspecified atom stereocenters. The lowest BCUT2D eigenvalue weighted by molar-refractivity contribution is -0.187. The molecule has 2 heterocycles. The number of hydrazone groups is 1. The molecule has 1 aliphatic heterocycles. The van der Waals surface area contributed by atoms with Gasteiger partial charge in [-0.15, -0.1) is 0 Å². The summed E-state index contributed by atoms with van der Waals surface area (Å²) in [4.78, 5) is 14.3. The zero-order valence-electron chi connectivity index (χ0n) is 24.3. The monoisotopic (exact) mass is 574 g/mol. The molecule has 0 spiro atoms. The number of hydrogen-bond donors (Lipinski definition) is 3. The van der Waals surface area contributed by atoms with E-state index in [0.717, 1.165) is 27.3 Å². The van der Waals surface area contributed by atoms with Crippen molar-refractivity contribution < 1.29 is 18.0 Å². The fourth-order valence-corrected chi connectivity index (χ4v) is 4.29. The second-order valence-electron chi connectivity index (χ2n) is 8.75. The summed E-state index contributed by atoms with van der Waals surface area (Å²) < 4.78 is 39.8. The number of allylic oxidation sites excluding steroid dienone is 7. The summed E-state index contributed by atoms with van der Waals surface area (Å²) in [5.41, 5.74) is 8.37. The number of halogens is 3. The van der Waals surface area contributed by atoms with Gasteiger partial charge in [0.05, 0.1) is 23.6 Å². The minimum atomic E-state index is -4.87. The molecule has 9 nitrogen and oxygen atoms in total. The van der Waals surface area contributed by atoms with Crippen molar-refractivity contribution in [2.24, 2.45) is 10.2 Å². The zero-order chi connectivity index (χ0) is 29.9. The van der Waals surface area contributed by atoms with Gasteiger partial charge >= 0.3 is 12.1 Å². The van der Waals surface area contributed by atoms with Crippen molar-refractivity contribution in [2.75, 3.05) is 32.7 Å². The molecule has 1 saturated heterocycles. The summed E-state index contributed by atoms with van der Waals surface area (Å²) in [6, 6.07) is 1.89. The van der Waals surface area contributed by atoms with Crippen LogP contribution in [-0.2, 0) is 11.3 Å². The van der Waals surface area contributed by atoms with Crippen LogP contribution in [0.3, 0.4) is 0 Å². The van der Waals surface area contributed by atoms with Crippen LogP contribution in [0.2, 0.25) is 0 Å². The highest BCUT2D eigenvalue weighted by Gasteiger charge is 2.43. The Morgan fingerprint density at radius 3 is 2.34 bits per heavy atom. The Morgan fingerprint density at radius 1 is 1.17 bits per heavy atom. The molecule has 0 saturated carbocycles. The van der Waals surface area contributed by atoms with Gasteiger partial charge in [-0.3, -0.25) is 9.69 Å². The Bertz CT molecular complexity index is 1240. The number of carbonyl (C=O) groups excluding carboxylic acids is 1. The molecule has 0 radical (unpaired) electrons. The van der Waals surface area contributed by atoms with Gasteiger partial charge in [-0.25, -0.2) is 4.68 Å². The third-order valence-electron chi connectivity index (χ3n) is 6.28. The van der Waals surface area contributed by atoms with Gasteiger partial charge in [-0.05, 0) is 48.8 Å². The molecule has 3 rings (SSSR count). The third-order valence-corrected chi connectivity index (χ3v) is 6.28.